The number of aromatic nitrogens is 2. The average molecular weight is 499 g/mol. The molecule has 1 aromatic heterocycles. The number of rotatable bonds is 6. The zero-order chi connectivity index (χ0) is 24.1. The summed E-state index contributed by atoms with van der Waals surface area (Å²) in [5, 5.41) is 1.41. The second-order valence-corrected chi connectivity index (χ2v) is 9.36. The van der Waals surface area contributed by atoms with Crippen LogP contribution >= 0.6 is 23.4 Å². The number of halogens is 1. The summed E-state index contributed by atoms with van der Waals surface area (Å²) in [6, 6.07) is 15.8. The molecule has 7 nitrogen and oxygen atoms in total. The Morgan fingerprint density at radius 2 is 1.65 bits per heavy atom. The van der Waals surface area contributed by atoms with Crippen LogP contribution < -0.4 is 0 Å². The average Bonchev–Trinajstić information content (AvgIpc) is 3.28. The van der Waals surface area contributed by atoms with Crippen molar-refractivity contribution in [2.24, 2.45) is 0 Å². The molecule has 0 spiro atoms. The number of nitrogens with zero attached hydrogens (tertiary/aromatic N) is 4. The van der Waals surface area contributed by atoms with E-state index in [4.69, 9.17) is 21.3 Å². The third kappa shape index (κ3) is 5.74. The Labute approximate surface area is 208 Å². The van der Waals surface area contributed by atoms with Crippen molar-refractivity contribution < 1.29 is 14.3 Å². The van der Waals surface area contributed by atoms with Crippen molar-refractivity contribution in [3.8, 4) is 16.9 Å². The number of carbonyl (C=O) groups excluding carboxylic acids is 2. The van der Waals surface area contributed by atoms with E-state index < -0.39 is 0 Å². The SMILES string of the molecule is CCOC(=O)N1CCN(C(=O)CSc2nc(-c3ccc(Cl)cc3)cn2-c2ccc(C)cc2)CC1. The fourth-order valence-electron chi connectivity index (χ4n) is 3.69. The van der Waals surface area contributed by atoms with Crippen LogP contribution in [0.25, 0.3) is 16.9 Å². The lowest BCUT2D eigenvalue weighted by atomic mass is 10.2. The van der Waals surface area contributed by atoms with Crippen molar-refractivity contribution in [2.45, 2.75) is 19.0 Å². The van der Waals surface area contributed by atoms with Gasteiger partial charge in [-0.2, -0.15) is 0 Å². The van der Waals surface area contributed by atoms with Gasteiger partial charge in [0.05, 0.1) is 18.1 Å². The monoisotopic (exact) mass is 498 g/mol. The van der Waals surface area contributed by atoms with Crippen LogP contribution in [0.15, 0.2) is 59.9 Å². The molecule has 0 bridgehead atoms. The van der Waals surface area contributed by atoms with E-state index in [-0.39, 0.29) is 17.8 Å². The van der Waals surface area contributed by atoms with Gasteiger partial charge < -0.3 is 14.5 Å². The molecule has 0 N–H and O–H groups in total. The number of ether oxygens (including phenoxy) is 1. The maximum absolute atomic E-state index is 12.9. The van der Waals surface area contributed by atoms with Crippen LogP contribution in [0.1, 0.15) is 12.5 Å². The third-order valence-electron chi connectivity index (χ3n) is 5.61. The normalized spacial score (nSPS) is 13.7. The number of imidazole rings is 1. The lowest BCUT2D eigenvalue weighted by Crippen LogP contribution is -2.51. The molecule has 178 valence electrons. The molecule has 0 radical (unpaired) electrons. The summed E-state index contributed by atoms with van der Waals surface area (Å²) in [5.74, 6) is 0.294. The van der Waals surface area contributed by atoms with Crippen molar-refractivity contribution >= 4 is 35.4 Å². The molecule has 1 saturated heterocycles. The zero-order valence-corrected chi connectivity index (χ0v) is 20.8. The van der Waals surface area contributed by atoms with Gasteiger partial charge in [0, 0.05) is 48.6 Å². The number of hydrogen-bond acceptors (Lipinski definition) is 5. The van der Waals surface area contributed by atoms with E-state index in [9.17, 15) is 9.59 Å². The highest BCUT2D eigenvalue weighted by molar-refractivity contribution is 7.99. The van der Waals surface area contributed by atoms with Crippen LogP contribution in [0.5, 0.6) is 0 Å². The molecule has 2 aromatic carbocycles. The Balaban J connectivity index is 1.47. The molecule has 4 rings (SSSR count). The minimum Gasteiger partial charge on any atom is -0.450 e. The molecular formula is C25H27ClN4O3S. The number of carbonyl (C=O) groups is 2. The Bertz CT molecular complexity index is 1140. The first-order valence-corrected chi connectivity index (χ1v) is 12.6. The molecule has 2 heterocycles. The van der Waals surface area contributed by atoms with Crippen LogP contribution in [-0.4, -0.2) is 69.9 Å². The van der Waals surface area contributed by atoms with Crippen molar-refractivity contribution in [3.05, 3.63) is 65.3 Å². The molecular weight excluding hydrogens is 472 g/mol. The van der Waals surface area contributed by atoms with Crippen molar-refractivity contribution in [3.63, 3.8) is 0 Å². The van der Waals surface area contributed by atoms with Gasteiger partial charge in [0.25, 0.3) is 0 Å². The Hall–Kier alpha value is -2.97. The molecule has 34 heavy (non-hydrogen) atoms. The van der Waals surface area contributed by atoms with Gasteiger partial charge in [-0.3, -0.25) is 9.36 Å². The number of amides is 2. The number of piperazine rings is 1. The number of hydrogen-bond donors (Lipinski definition) is 0. The minimum atomic E-state index is -0.321. The van der Waals surface area contributed by atoms with E-state index in [2.05, 4.69) is 12.1 Å². The summed E-state index contributed by atoms with van der Waals surface area (Å²) in [6.45, 7) is 6.14. The molecule has 1 fully saturated rings. The van der Waals surface area contributed by atoms with E-state index >= 15 is 0 Å². The predicted octanol–water partition coefficient (Wildman–Crippen LogP) is 4.89. The van der Waals surface area contributed by atoms with Crippen LogP contribution in [0.2, 0.25) is 5.02 Å². The standard InChI is InChI=1S/C25H27ClN4O3S/c1-3-33-25(32)29-14-12-28(13-15-29)23(31)17-34-24-27-22(19-6-8-20(26)9-7-19)16-30(24)21-10-4-18(2)5-11-21/h4-11,16H,3,12-15,17H2,1-2H3. The number of thioether (sulfide) groups is 1. The van der Waals surface area contributed by atoms with Gasteiger partial charge in [0.15, 0.2) is 5.16 Å². The summed E-state index contributed by atoms with van der Waals surface area (Å²) in [7, 11) is 0. The van der Waals surface area contributed by atoms with Gasteiger partial charge in [-0.05, 0) is 38.1 Å². The molecule has 0 unspecified atom stereocenters. The maximum Gasteiger partial charge on any atom is 0.409 e. The van der Waals surface area contributed by atoms with Crippen LogP contribution in [0.3, 0.4) is 0 Å². The van der Waals surface area contributed by atoms with E-state index in [1.54, 1.807) is 16.7 Å². The van der Waals surface area contributed by atoms with Gasteiger partial charge in [0.2, 0.25) is 5.91 Å². The highest BCUT2D eigenvalue weighted by Gasteiger charge is 2.25. The van der Waals surface area contributed by atoms with Crippen molar-refractivity contribution in [1.82, 2.24) is 19.4 Å². The fourth-order valence-corrected chi connectivity index (χ4v) is 4.71. The first kappa shape index (κ1) is 24.2. The molecule has 0 aliphatic carbocycles. The summed E-state index contributed by atoms with van der Waals surface area (Å²) in [4.78, 5) is 33.1. The van der Waals surface area contributed by atoms with Crippen molar-refractivity contribution in [1.29, 1.82) is 0 Å². The lowest BCUT2D eigenvalue weighted by molar-refractivity contribution is -0.129. The summed E-state index contributed by atoms with van der Waals surface area (Å²) < 4.78 is 7.07. The quantitative estimate of drug-likeness (QED) is 0.452. The number of aryl methyl sites for hydroxylation is 1. The van der Waals surface area contributed by atoms with Crippen LogP contribution in [0, 0.1) is 6.92 Å². The number of benzene rings is 2. The summed E-state index contributed by atoms with van der Waals surface area (Å²) >= 11 is 7.46. The smallest absolute Gasteiger partial charge is 0.409 e. The van der Waals surface area contributed by atoms with E-state index in [0.717, 1.165) is 22.1 Å². The molecule has 3 aromatic rings. The largest absolute Gasteiger partial charge is 0.450 e. The van der Waals surface area contributed by atoms with Gasteiger partial charge in [-0.15, -0.1) is 0 Å². The van der Waals surface area contributed by atoms with Gasteiger partial charge in [-0.1, -0.05) is 53.2 Å². The van der Waals surface area contributed by atoms with E-state index in [0.29, 0.717) is 37.8 Å². The first-order valence-electron chi connectivity index (χ1n) is 11.2. The fraction of sp³-hybridized carbons (Fsp3) is 0.320. The highest BCUT2D eigenvalue weighted by Crippen LogP contribution is 2.28. The zero-order valence-electron chi connectivity index (χ0n) is 19.2. The van der Waals surface area contributed by atoms with Crippen LogP contribution in [-0.2, 0) is 9.53 Å². The second-order valence-electron chi connectivity index (χ2n) is 7.98. The first-order chi connectivity index (χ1) is 16.4. The molecule has 0 atom stereocenters. The van der Waals surface area contributed by atoms with E-state index in [1.807, 2.05) is 54.1 Å². The Kier molecular flexibility index (Phi) is 7.80. The molecule has 1 aliphatic heterocycles. The molecule has 2 amide bonds. The van der Waals surface area contributed by atoms with Gasteiger partial charge >= 0.3 is 6.09 Å². The predicted molar refractivity (Wildman–Crippen MR) is 135 cm³/mol. The highest BCUT2D eigenvalue weighted by atomic mass is 35.5. The Morgan fingerprint density at radius 1 is 1.00 bits per heavy atom. The lowest BCUT2D eigenvalue weighted by Gasteiger charge is -2.34. The van der Waals surface area contributed by atoms with E-state index in [1.165, 1.54) is 17.3 Å². The topological polar surface area (TPSA) is 67.7 Å². The molecule has 0 saturated carbocycles. The second kappa shape index (κ2) is 11.0. The third-order valence-corrected chi connectivity index (χ3v) is 6.80. The minimum absolute atomic E-state index is 0.0278. The Morgan fingerprint density at radius 3 is 2.29 bits per heavy atom. The summed E-state index contributed by atoms with van der Waals surface area (Å²) in [6.07, 6.45) is 1.66. The molecule has 9 heteroatoms. The summed E-state index contributed by atoms with van der Waals surface area (Å²) in [5.41, 5.74) is 3.93. The van der Waals surface area contributed by atoms with Crippen molar-refractivity contribution in [2.75, 3.05) is 38.5 Å². The van der Waals surface area contributed by atoms with Gasteiger partial charge in [-0.25, -0.2) is 9.78 Å². The molecule has 1 aliphatic rings. The van der Waals surface area contributed by atoms with Gasteiger partial charge in [0.1, 0.15) is 0 Å². The van der Waals surface area contributed by atoms with Crippen LogP contribution in [0.4, 0.5) is 4.79 Å². The maximum atomic E-state index is 12.9.